The molecule has 4 rings (SSSR count). The number of amides is 1. The largest absolute Gasteiger partial charge is 0.393 e. The highest BCUT2D eigenvalue weighted by molar-refractivity contribution is 5.89. The van der Waals surface area contributed by atoms with Crippen molar-refractivity contribution in [2.45, 2.75) is 25.6 Å². The molecule has 136 valence electrons. The number of aliphatic hydroxyl groups is 2. The summed E-state index contributed by atoms with van der Waals surface area (Å²) in [6.07, 6.45) is 1.40. The molecule has 0 spiro atoms. The van der Waals surface area contributed by atoms with Gasteiger partial charge in [0.05, 0.1) is 37.5 Å². The van der Waals surface area contributed by atoms with Gasteiger partial charge in [-0.1, -0.05) is 18.2 Å². The van der Waals surface area contributed by atoms with Gasteiger partial charge in [0.1, 0.15) is 6.10 Å². The molecule has 7 nitrogen and oxygen atoms in total. The Morgan fingerprint density at radius 3 is 2.92 bits per heavy atom. The fraction of sp³-hybridized carbons (Fsp3) is 0.368. The zero-order valence-corrected chi connectivity index (χ0v) is 14.7. The van der Waals surface area contributed by atoms with E-state index >= 15 is 0 Å². The van der Waals surface area contributed by atoms with Crippen LogP contribution < -0.4 is 0 Å². The van der Waals surface area contributed by atoms with Crippen LogP contribution in [0.25, 0.3) is 10.9 Å². The maximum Gasteiger partial charge on any atom is 0.227 e. The number of fused-ring (bicyclic) bond motifs is 2. The quantitative estimate of drug-likeness (QED) is 0.732. The molecule has 0 radical (unpaired) electrons. The van der Waals surface area contributed by atoms with Crippen molar-refractivity contribution in [2.24, 2.45) is 7.05 Å². The van der Waals surface area contributed by atoms with Crippen LogP contribution in [-0.4, -0.2) is 48.5 Å². The Morgan fingerprint density at radius 2 is 2.12 bits per heavy atom. The van der Waals surface area contributed by atoms with Gasteiger partial charge in [0.2, 0.25) is 5.91 Å². The Labute approximate surface area is 151 Å². The summed E-state index contributed by atoms with van der Waals surface area (Å²) in [6, 6.07) is 9.85. The van der Waals surface area contributed by atoms with Crippen molar-refractivity contribution in [3.63, 3.8) is 0 Å². The topological polar surface area (TPSA) is 83.5 Å². The van der Waals surface area contributed by atoms with Gasteiger partial charge in [0.25, 0.3) is 0 Å². The number of aromatic nitrogens is 3. The maximum atomic E-state index is 12.8. The molecule has 1 atom stereocenters. The van der Waals surface area contributed by atoms with E-state index in [4.69, 9.17) is 5.11 Å². The van der Waals surface area contributed by atoms with E-state index in [1.807, 2.05) is 40.9 Å². The first kappa shape index (κ1) is 16.8. The zero-order valence-electron chi connectivity index (χ0n) is 14.7. The smallest absolute Gasteiger partial charge is 0.227 e. The van der Waals surface area contributed by atoms with Crippen LogP contribution in [0.5, 0.6) is 0 Å². The number of benzene rings is 1. The number of aliphatic hydroxyl groups excluding tert-OH is 2. The molecular weight excluding hydrogens is 332 g/mol. The van der Waals surface area contributed by atoms with E-state index in [1.54, 1.807) is 10.7 Å². The Balaban J connectivity index is 1.51. The molecule has 0 saturated carbocycles. The minimum Gasteiger partial charge on any atom is -0.393 e. The lowest BCUT2D eigenvalue weighted by molar-refractivity contribution is -0.131. The summed E-state index contributed by atoms with van der Waals surface area (Å²) in [5, 5.41) is 24.2. The molecule has 0 aliphatic carbocycles. The third-order valence-corrected chi connectivity index (χ3v) is 5.00. The van der Waals surface area contributed by atoms with Crippen LogP contribution in [0.2, 0.25) is 0 Å². The first-order valence-electron chi connectivity index (χ1n) is 8.73. The first-order valence-corrected chi connectivity index (χ1v) is 8.73. The van der Waals surface area contributed by atoms with Crippen molar-refractivity contribution in [2.75, 3.05) is 13.2 Å². The molecular formula is C19H22N4O3. The van der Waals surface area contributed by atoms with Gasteiger partial charge >= 0.3 is 0 Å². The van der Waals surface area contributed by atoms with E-state index < -0.39 is 6.10 Å². The van der Waals surface area contributed by atoms with Gasteiger partial charge in [-0.2, -0.15) is 5.10 Å². The molecule has 1 aliphatic rings. The summed E-state index contributed by atoms with van der Waals surface area (Å²) in [7, 11) is 1.99. The molecule has 2 N–H and O–H groups in total. The monoisotopic (exact) mass is 354 g/mol. The fourth-order valence-corrected chi connectivity index (χ4v) is 3.60. The van der Waals surface area contributed by atoms with Crippen LogP contribution in [0.15, 0.2) is 36.5 Å². The second-order valence-corrected chi connectivity index (χ2v) is 6.76. The van der Waals surface area contributed by atoms with Crippen LogP contribution in [0.4, 0.5) is 0 Å². The van der Waals surface area contributed by atoms with Crippen LogP contribution in [0.1, 0.15) is 23.1 Å². The highest BCUT2D eigenvalue weighted by Gasteiger charge is 2.24. The van der Waals surface area contributed by atoms with Crippen molar-refractivity contribution in [3.05, 3.63) is 53.5 Å². The second-order valence-electron chi connectivity index (χ2n) is 6.76. The van der Waals surface area contributed by atoms with Crippen molar-refractivity contribution in [1.29, 1.82) is 0 Å². The first-order chi connectivity index (χ1) is 12.6. The van der Waals surface area contributed by atoms with Gasteiger partial charge in [0.15, 0.2) is 0 Å². The summed E-state index contributed by atoms with van der Waals surface area (Å²) < 4.78 is 3.85. The predicted octanol–water partition coefficient (Wildman–Crippen LogP) is 0.985. The number of rotatable bonds is 4. The molecule has 0 fully saturated rings. The van der Waals surface area contributed by atoms with E-state index in [0.29, 0.717) is 31.7 Å². The third-order valence-electron chi connectivity index (χ3n) is 5.00. The summed E-state index contributed by atoms with van der Waals surface area (Å²) in [5.41, 5.74) is 3.48. The number of hydrogen-bond donors (Lipinski definition) is 2. The average molecular weight is 354 g/mol. The number of para-hydroxylation sites is 1. The molecule has 2 aromatic heterocycles. The summed E-state index contributed by atoms with van der Waals surface area (Å²) >= 11 is 0. The van der Waals surface area contributed by atoms with Crippen LogP contribution >= 0.6 is 0 Å². The van der Waals surface area contributed by atoms with Crippen molar-refractivity contribution in [1.82, 2.24) is 19.2 Å². The van der Waals surface area contributed by atoms with Crippen LogP contribution in [-0.2, 0) is 31.4 Å². The number of carbonyl (C=O) groups is 1. The van der Waals surface area contributed by atoms with Crippen molar-refractivity contribution >= 4 is 16.8 Å². The van der Waals surface area contributed by atoms with E-state index in [-0.39, 0.29) is 12.5 Å². The van der Waals surface area contributed by atoms with Gasteiger partial charge in [0, 0.05) is 30.7 Å². The summed E-state index contributed by atoms with van der Waals surface area (Å²) in [6.45, 7) is 1.29. The van der Waals surface area contributed by atoms with Gasteiger partial charge < -0.3 is 19.7 Å². The lowest BCUT2D eigenvalue weighted by Gasteiger charge is -2.27. The highest BCUT2D eigenvalue weighted by Crippen LogP contribution is 2.23. The number of aryl methyl sites for hydroxylation is 1. The average Bonchev–Trinajstić information content (AvgIpc) is 3.22. The van der Waals surface area contributed by atoms with Crippen LogP contribution in [0.3, 0.4) is 0 Å². The predicted molar refractivity (Wildman–Crippen MR) is 96.3 cm³/mol. The molecule has 1 amide bonds. The number of hydrogen-bond acceptors (Lipinski definition) is 4. The zero-order chi connectivity index (χ0) is 18.3. The Morgan fingerprint density at radius 1 is 1.31 bits per heavy atom. The summed E-state index contributed by atoms with van der Waals surface area (Å²) in [5.74, 6) is 0.0815. The molecule has 3 heterocycles. The van der Waals surface area contributed by atoms with Crippen molar-refractivity contribution in [3.8, 4) is 0 Å². The van der Waals surface area contributed by atoms with Gasteiger partial charge in [-0.15, -0.1) is 0 Å². The maximum absolute atomic E-state index is 12.8. The molecule has 0 saturated heterocycles. The number of nitrogens with zero attached hydrogens (tertiary/aromatic N) is 4. The van der Waals surface area contributed by atoms with Crippen LogP contribution in [0, 0.1) is 0 Å². The standard InChI is InChI=1S/C19H22N4O3/c1-21-10-13(15-4-2-3-5-17(15)21)8-19(26)22-6-7-23-14(11-22)9-16(20-23)18(25)12-24/h2-5,9-10,18,24-25H,6-8,11-12H2,1H3/t18-/m0/s1. The number of carbonyl (C=O) groups excluding carboxylic acids is 1. The normalized spacial score (nSPS) is 15.3. The molecule has 7 heteroatoms. The van der Waals surface area contributed by atoms with Crippen molar-refractivity contribution < 1.29 is 15.0 Å². The Kier molecular flexibility index (Phi) is 4.26. The summed E-state index contributed by atoms with van der Waals surface area (Å²) in [4.78, 5) is 14.7. The van der Waals surface area contributed by atoms with Gasteiger partial charge in [-0.05, 0) is 17.7 Å². The molecule has 26 heavy (non-hydrogen) atoms. The highest BCUT2D eigenvalue weighted by atomic mass is 16.3. The molecule has 0 bridgehead atoms. The molecule has 3 aromatic rings. The molecule has 1 aromatic carbocycles. The van der Waals surface area contributed by atoms with E-state index in [2.05, 4.69) is 11.2 Å². The van der Waals surface area contributed by atoms with Gasteiger partial charge in [-0.3, -0.25) is 9.48 Å². The van der Waals surface area contributed by atoms with Gasteiger partial charge in [-0.25, -0.2) is 0 Å². The Bertz CT molecular complexity index is 959. The van der Waals surface area contributed by atoms with E-state index in [1.165, 1.54) is 0 Å². The lowest BCUT2D eigenvalue weighted by Crippen LogP contribution is -2.39. The minimum atomic E-state index is -0.979. The lowest BCUT2D eigenvalue weighted by atomic mass is 10.1. The second kappa shape index (κ2) is 6.59. The Hall–Kier alpha value is -2.64. The minimum absolute atomic E-state index is 0.0815. The SMILES string of the molecule is Cn1cc(CC(=O)N2CCn3nc([C@@H](O)CO)cc3C2)c2ccccc21. The molecule has 0 unspecified atom stereocenters. The van der Waals surface area contributed by atoms with E-state index in [9.17, 15) is 9.90 Å². The van der Waals surface area contributed by atoms with E-state index in [0.717, 1.165) is 22.2 Å². The molecule has 1 aliphatic heterocycles. The fourth-order valence-electron chi connectivity index (χ4n) is 3.60. The third kappa shape index (κ3) is 2.89.